The van der Waals surface area contributed by atoms with E-state index in [4.69, 9.17) is 5.73 Å². The number of aryl methyl sites for hydroxylation is 1. The summed E-state index contributed by atoms with van der Waals surface area (Å²) in [6.45, 7) is 2.67. The first-order chi connectivity index (χ1) is 3.84. The van der Waals surface area contributed by atoms with Gasteiger partial charge in [0.15, 0.2) is 0 Å². The largest absolute Gasteiger partial charge is 0.367 e. The number of hydrogen-bond acceptors (Lipinski definition) is 1. The van der Waals surface area contributed by atoms with Crippen LogP contribution in [-0.4, -0.2) is 4.98 Å². The molecule has 44 valence electrons. The maximum Gasteiger partial charge on any atom is 0.0195 e. The molecule has 1 heterocycles. The van der Waals surface area contributed by atoms with E-state index in [1.54, 1.807) is 0 Å². The molecule has 0 bridgehead atoms. The summed E-state index contributed by atoms with van der Waals surface area (Å²) in [4.78, 5) is 2.97. The molecule has 0 amide bonds. The van der Waals surface area contributed by atoms with Crippen LogP contribution in [0.3, 0.4) is 0 Å². The molecule has 0 unspecified atom stereocenters. The van der Waals surface area contributed by atoms with Crippen LogP contribution in [0.25, 0.3) is 0 Å². The number of H-pyrrole nitrogens is 1. The molecule has 2 nitrogen and oxygen atoms in total. The molecular weight excluding hydrogens is 100 g/mol. The van der Waals surface area contributed by atoms with Crippen LogP contribution in [0, 0.1) is 6.92 Å². The summed E-state index contributed by atoms with van der Waals surface area (Å²) in [6.07, 6.45) is 3.87. The number of nitrogens with one attached hydrogen (secondary N) is 1. The second kappa shape index (κ2) is 2.01. The van der Waals surface area contributed by atoms with E-state index in [2.05, 4.69) is 4.98 Å². The van der Waals surface area contributed by atoms with E-state index in [1.807, 2.05) is 19.3 Å². The Labute approximate surface area is 48.7 Å². The predicted molar refractivity (Wildman–Crippen MR) is 33.4 cm³/mol. The Morgan fingerprint density at radius 2 is 2.38 bits per heavy atom. The molecule has 0 saturated carbocycles. The monoisotopic (exact) mass is 110 g/mol. The van der Waals surface area contributed by atoms with Crippen molar-refractivity contribution < 1.29 is 0 Å². The van der Waals surface area contributed by atoms with Gasteiger partial charge in [-0.05, 0) is 18.1 Å². The summed E-state index contributed by atoms with van der Waals surface area (Å²) >= 11 is 0. The van der Waals surface area contributed by atoms with E-state index in [9.17, 15) is 0 Å². The Kier molecular flexibility index (Phi) is 1.35. The minimum absolute atomic E-state index is 0.634. The van der Waals surface area contributed by atoms with Crippen LogP contribution < -0.4 is 5.73 Å². The zero-order valence-electron chi connectivity index (χ0n) is 4.94. The third kappa shape index (κ3) is 0.746. The Bertz CT molecular complexity index is 167. The van der Waals surface area contributed by atoms with Gasteiger partial charge in [-0.1, -0.05) is 0 Å². The van der Waals surface area contributed by atoms with Crippen LogP contribution in [0.5, 0.6) is 0 Å². The smallest absolute Gasteiger partial charge is 0.0195 e. The molecule has 0 atom stereocenters. The second-order valence-corrected chi connectivity index (χ2v) is 1.87. The fraction of sp³-hybridized carbons (Fsp3) is 0.333. The second-order valence-electron chi connectivity index (χ2n) is 1.87. The molecule has 0 spiro atoms. The SMILES string of the molecule is Cc1c[nH]cc1CN. The van der Waals surface area contributed by atoms with Crippen LogP contribution >= 0.6 is 0 Å². The van der Waals surface area contributed by atoms with Crippen molar-refractivity contribution in [2.45, 2.75) is 13.5 Å². The molecule has 8 heavy (non-hydrogen) atoms. The first-order valence-electron chi connectivity index (χ1n) is 2.67. The Hall–Kier alpha value is -0.760. The fourth-order valence-corrected chi connectivity index (χ4v) is 0.694. The highest BCUT2D eigenvalue weighted by molar-refractivity contribution is 5.20. The molecule has 0 saturated heterocycles. The maximum absolute atomic E-state index is 5.38. The van der Waals surface area contributed by atoms with Gasteiger partial charge in [0.05, 0.1) is 0 Å². The van der Waals surface area contributed by atoms with Crippen molar-refractivity contribution in [2.24, 2.45) is 5.73 Å². The molecular formula is C6H10N2. The van der Waals surface area contributed by atoms with Gasteiger partial charge in [0.1, 0.15) is 0 Å². The normalized spacial score (nSPS) is 9.75. The average Bonchev–Trinajstić information content (AvgIpc) is 2.14. The van der Waals surface area contributed by atoms with Crippen molar-refractivity contribution >= 4 is 0 Å². The van der Waals surface area contributed by atoms with Crippen LogP contribution in [0.2, 0.25) is 0 Å². The van der Waals surface area contributed by atoms with Crippen LogP contribution in [-0.2, 0) is 6.54 Å². The van der Waals surface area contributed by atoms with Gasteiger partial charge >= 0.3 is 0 Å². The van der Waals surface area contributed by atoms with Crippen LogP contribution in [0.4, 0.5) is 0 Å². The van der Waals surface area contributed by atoms with E-state index in [0.29, 0.717) is 6.54 Å². The third-order valence-corrected chi connectivity index (χ3v) is 1.28. The fourth-order valence-electron chi connectivity index (χ4n) is 0.694. The number of nitrogens with two attached hydrogens (primary N) is 1. The standard InChI is InChI=1S/C6H10N2/c1-5-3-8-4-6(5)2-7/h3-4,8H,2,7H2,1H3. The lowest BCUT2D eigenvalue weighted by Gasteiger charge is -1.87. The molecule has 0 aliphatic heterocycles. The molecule has 0 radical (unpaired) electrons. The van der Waals surface area contributed by atoms with E-state index in [0.717, 1.165) is 0 Å². The summed E-state index contributed by atoms with van der Waals surface area (Å²) in [5.41, 5.74) is 7.82. The summed E-state index contributed by atoms with van der Waals surface area (Å²) in [6, 6.07) is 0. The lowest BCUT2D eigenvalue weighted by Crippen LogP contribution is -1.94. The van der Waals surface area contributed by atoms with E-state index in [1.165, 1.54) is 11.1 Å². The summed E-state index contributed by atoms with van der Waals surface area (Å²) in [5.74, 6) is 0. The third-order valence-electron chi connectivity index (χ3n) is 1.28. The van der Waals surface area contributed by atoms with Crippen molar-refractivity contribution in [1.82, 2.24) is 4.98 Å². The minimum Gasteiger partial charge on any atom is -0.367 e. The summed E-state index contributed by atoms with van der Waals surface area (Å²) in [7, 11) is 0. The Balaban J connectivity index is 2.92. The highest BCUT2D eigenvalue weighted by Gasteiger charge is 1.91. The molecule has 1 aromatic heterocycles. The lowest BCUT2D eigenvalue weighted by atomic mass is 10.2. The average molecular weight is 110 g/mol. The Morgan fingerprint density at radius 1 is 1.62 bits per heavy atom. The van der Waals surface area contributed by atoms with E-state index < -0.39 is 0 Å². The molecule has 0 aliphatic carbocycles. The molecule has 0 aromatic carbocycles. The summed E-state index contributed by atoms with van der Waals surface area (Å²) < 4.78 is 0. The van der Waals surface area contributed by atoms with Gasteiger partial charge in [-0.2, -0.15) is 0 Å². The highest BCUT2D eigenvalue weighted by atomic mass is 14.7. The van der Waals surface area contributed by atoms with Gasteiger partial charge in [-0.25, -0.2) is 0 Å². The van der Waals surface area contributed by atoms with Crippen molar-refractivity contribution in [2.75, 3.05) is 0 Å². The highest BCUT2D eigenvalue weighted by Crippen LogP contribution is 2.02. The molecule has 3 N–H and O–H groups in total. The van der Waals surface area contributed by atoms with Crippen molar-refractivity contribution in [3.63, 3.8) is 0 Å². The molecule has 1 aromatic rings. The maximum atomic E-state index is 5.38. The Morgan fingerprint density at radius 3 is 2.62 bits per heavy atom. The van der Waals surface area contributed by atoms with E-state index >= 15 is 0 Å². The topological polar surface area (TPSA) is 41.8 Å². The lowest BCUT2D eigenvalue weighted by molar-refractivity contribution is 1.06. The molecule has 1 rings (SSSR count). The van der Waals surface area contributed by atoms with E-state index in [-0.39, 0.29) is 0 Å². The zero-order valence-corrected chi connectivity index (χ0v) is 4.94. The van der Waals surface area contributed by atoms with Crippen LogP contribution in [0.15, 0.2) is 12.4 Å². The quantitative estimate of drug-likeness (QED) is 0.551. The zero-order chi connectivity index (χ0) is 5.98. The van der Waals surface area contributed by atoms with Crippen molar-refractivity contribution in [1.29, 1.82) is 0 Å². The number of aromatic amines is 1. The van der Waals surface area contributed by atoms with Crippen molar-refractivity contribution in [3.05, 3.63) is 23.5 Å². The molecule has 2 heteroatoms. The molecule has 0 fully saturated rings. The van der Waals surface area contributed by atoms with Crippen molar-refractivity contribution in [3.8, 4) is 0 Å². The first kappa shape index (κ1) is 5.38. The number of hydrogen-bond donors (Lipinski definition) is 2. The number of rotatable bonds is 1. The van der Waals surface area contributed by atoms with Gasteiger partial charge < -0.3 is 10.7 Å². The first-order valence-corrected chi connectivity index (χ1v) is 2.67. The number of aromatic nitrogens is 1. The predicted octanol–water partition coefficient (Wildman–Crippen LogP) is 0.782. The van der Waals surface area contributed by atoms with Gasteiger partial charge in [0.2, 0.25) is 0 Å². The minimum atomic E-state index is 0.634. The van der Waals surface area contributed by atoms with Gasteiger partial charge in [0.25, 0.3) is 0 Å². The summed E-state index contributed by atoms with van der Waals surface area (Å²) in [5, 5.41) is 0. The van der Waals surface area contributed by atoms with Gasteiger partial charge in [-0.15, -0.1) is 0 Å². The van der Waals surface area contributed by atoms with Crippen LogP contribution in [0.1, 0.15) is 11.1 Å². The van der Waals surface area contributed by atoms with Gasteiger partial charge in [-0.3, -0.25) is 0 Å². The molecule has 0 aliphatic rings. The van der Waals surface area contributed by atoms with Gasteiger partial charge in [0, 0.05) is 18.9 Å².